The first-order valence-electron chi connectivity index (χ1n) is 10.1. The Hall–Kier alpha value is -1.33. The lowest BCUT2D eigenvalue weighted by atomic mass is 9.96. The highest BCUT2D eigenvalue weighted by atomic mass is 32.2. The molecule has 0 saturated heterocycles. The summed E-state index contributed by atoms with van der Waals surface area (Å²) in [5, 5.41) is 0.933. The van der Waals surface area contributed by atoms with Crippen LogP contribution in [0.25, 0.3) is 10.9 Å². The van der Waals surface area contributed by atoms with Crippen molar-refractivity contribution in [3.05, 3.63) is 35.5 Å². The predicted molar refractivity (Wildman–Crippen MR) is 114 cm³/mol. The number of hydrogen-bond donors (Lipinski definition) is 1. The summed E-state index contributed by atoms with van der Waals surface area (Å²) in [6, 6.07) is 6.37. The fourth-order valence-electron chi connectivity index (χ4n) is 3.77. The van der Waals surface area contributed by atoms with Gasteiger partial charge in [-0.3, -0.25) is 0 Å². The summed E-state index contributed by atoms with van der Waals surface area (Å²) in [6.07, 6.45) is 4.73. The Balaban J connectivity index is 2.01. The van der Waals surface area contributed by atoms with Gasteiger partial charge >= 0.3 is 0 Å². The molecule has 0 spiro atoms. The van der Waals surface area contributed by atoms with Gasteiger partial charge in [0.1, 0.15) is 0 Å². The second-order valence-electron chi connectivity index (χ2n) is 9.64. The smallest absolute Gasteiger partial charge is 0.215 e. The predicted octanol–water partition coefficient (Wildman–Crippen LogP) is 5.34. The molecule has 2 aromatic rings. The lowest BCUT2D eigenvalue weighted by molar-refractivity contribution is 0.349. The van der Waals surface area contributed by atoms with Crippen molar-refractivity contribution >= 4 is 20.9 Å². The van der Waals surface area contributed by atoms with Crippen molar-refractivity contribution < 1.29 is 8.42 Å². The van der Waals surface area contributed by atoms with Gasteiger partial charge in [0.15, 0.2) is 0 Å². The summed E-state index contributed by atoms with van der Waals surface area (Å²) in [4.78, 5) is 0. The summed E-state index contributed by atoms with van der Waals surface area (Å²) in [7, 11) is -3.25. The number of benzene rings is 1. The van der Waals surface area contributed by atoms with Gasteiger partial charge in [-0.25, -0.2) is 13.1 Å². The molecule has 1 saturated carbocycles. The Labute approximate surface area is 164 Å². The number of hydrogen-bond acceptors (Lipinski definition) is 2. The van der Waals surface area contributed by atoms with Gasteiger partial charge in [0.25, 0.3) is 0 Å². The summed E-state index contributed by atoms with van der Waals surface area (Å²) in [5.74, 6) is 0.463. The van der Waals surface area contributed by atoms with Crippen molar-refractivity contribution in [1.29, 1.82) is 0 Å². The highest BCUT2D eigenvalue weighted by Crippen LogP contribution is 2.33. The zero-order valence-electron chi connectivity index (χ0n) is 17.5. The molecule has 1 aliphatic rings. The molecule has 150 valence electrons. The Morgan fingerprint density at radius 1 is 1.19 bits per heavy atom. The van der Waals surface area contributed by atoms with E-state index in [1.54, 1.807) is 0 Å². The molecule has 1 N–H and O–H groups in total. The third kappa shape index (κ3) is 4.40. The number of nitrogens with zero attached hydrogens (tertiary/aromatic N) is 1. The van der Waals surface area contributed by atoms with Gasteiger partial charge in [0.05, 0.1) is 5.25 Å². The molecule has 5 heteroatoms. The number of rotatable bonds is 6. The van der Waals surface area contributed by atoms with Crippen molar-refractivity contribution in [2.45, 2.75) is 84.6 Å². The van der Waals surface area contributed by atoms with E-state index in [0.29, 0.717) is 5.92 Å². The number of sulfonamides is 1. The first-order chi connectivity index (χ1) is 12.5. The zero-order chi connectivity index (χ0) is 20.0. The maximum atomic E-state index is 12.6. The van der Waals surface area contributed by atoms with Gasteiger partial charge in [0.2, 0.25) is 10.0 Å². The van der Waals surface area contributed by atoms with Crippen LogP contribution < -0.4 is 4.72 Å². The van der Waals surface area contributed by atoms with Gasteiger partial charge in [-0.05, 0) is 48.3 Å². The van der Waals surface area contributed by atoms with Crippen molar-refractivity contribution in [2.24, 2.45) is 5.41 Å². The second-order valence-corrected chi connectivity index (χ2v) is 11.6. The maximum absolute atomic E-state index is 12.6. The van der Waals surface area contributed by atoms with E-state index in [1.807, 2.05) is 6.92 Å². The van der Waals surface area contributed by atoms with Crippen LogP contribution in [0.3, 0.4) is 0 Å². The molecular formula is C22H34N2O2S. The number of aromatic nitrogens is 1. The molecule has 4 nitrogen and oxygen atoms in total. The summed E-state index contributed by atoms with van der Waals surface area (Å²) >= 11 is 0. The van der Waals surface area contributed by atoms with Crippen LogP contribution in [0.15, 0.2) is 24.4 Å². The van der Waals surface area contributed by atoms with Crippen LogP contribution in [0.2, 0.25) is 0 Å². The Bertz CT molecular complexity index is 916. The molecule has 0 amide bonds. The van der Waals surface area contributed by atoms with E-state index in [1.165, 1.54) is 11.1 Å². The van der Waals surface area contributed by atoms with E-state index in [0.717, 1.165) is 36.8 Å². The maximum Gasteiger partial charge on any atom is 0.215 e. The van der Waals surface area contributed by atoms with Crippen molar-refractivity contribution in [3.63, 3.8) is 0 Å². The zero-order valence-corrected chi connectivity index (χ0v) is 18.4. The molecule has 0 aliphatic heterocycles. The first-order valence-corrected chi connectivity index (χ1v) is 11.7. The average Bonchev–Trinajstić information content (AvgIpc) is 2.80. The fraction of sp³-hybridized carbons (Fsp3) is 0.636. The molecular weight excluding hydrogens is 356 g/mol. The molecule has 1 aromatic carbocycles. The Kier molecular flexibility index (Phi) is 5.48. The molecule has 0 bridgehead atoms. The van der Waals surface area contributed by atoms with Crippen LogP contribution in [0.4, 0.5) is 0 Å². The minimum absolute atomic E-state index is 0.145. The van der Waals surface area contributed by atoms with Gasteiger partial charge in [-0.2, -0.15) is 0 Å². The molecule has 1 atom stereocenters. The van der Waals surface area contributed by atoms with Crippen LogP contribution in [-0.4, -0.2) is 18.2 Å². The second kappa shape index (κ2) is 7.25. The Morgan fingerprint density at radius 3 is 2.37 bits per heavy atom. The lowest BCUT2D eigenvalue weighted by Crippen LogP contribution is -2.39. The van der Waals surface area contributed by atoms with Crippen molar-refractivity contribution in [2.75, 3.05) is 0 Å². The van der Waals surface area contributed by atoms with E-state index < -0.39 is 10.0 Å². The molecule has 1 aliphatic carbocycles. The topological polar surface area (TPSA) is 51.1 Å². The first kappa shape index (κ1) is 20.4. The van der Waals surface area contributed by atoms with E-state index in [-0.39, 0.29) is 16.7 Å². The van der Waals surface area contributed by atoms with Gasteiger partial charge in [0, 0.05) is 29.7 Å². The van der Waals surface area contributed by atoms with Crippen molar-refractivity contribution in [1.82, 2.24) is 9.29 Å². The number of fused-ring (bicyclic) bond motifs is 1. The van der Waals surface area contributed by atoms with Gasteiger partial charge in [-0.15, -0.1) is 0 Å². The van der Waals surface area contributed by atoms with E-state index in [2.05, 4.69) is 68.3 Å². The van der Waals surface area contributed by atoms with Crippen LogP contribution in [-0.2, 0) is 16.6 Å². The minimum Gasteiger partial charge on any atom is -0.347 e. The minimum atomic E-state index is -3.25. The molecule has 1 aromatic heterocycles. The summed E-state index contributed by atoms with van der Waals surface area (Å²) in [6.45, 7) is 14.0. The monoisotopic (exact) mass is 390 g/mol. The number of nitrogens with one attached hydrogen (secondary N) is 1. The fourth-order valence-corrected chi connectivity index (χ4v) is 5.54. The normalized spacial score (nSPS) is 17.4. The van der Waals surface area contributed by atoms with Crippen LogP contribution >= 0.6 is 0 Å². The highest BCUT2D eigenvalue weighted by molar-refractivity contribution is 7.90. The third-order valence-electron chi connectivity index (χ3n) is 5.55. The third-order valence-corrected chi connectivity index (χ3v) is 7.58. The summed E-state index contributed by atoms with van der Waals surface area (Å²) < 4.78 is 30.4. The molecule has 0 radical (unpaired) electrons. The summed E-state index contributed by atoms with van der Waals surface area (Å²) in [5.41, 5.74) is 3.71. The molecule has 1 heterocycles. The van der Waals surface area contributed by atoms with Crippen molar-refractivity contribution in [3.8, 4) is 0 Å². The molecule has 27 heavy (non-hydrogen) atoms. The highest BCUT2D eigenvalue weighted by Gasteiger charge is 2.33. The van der Waals surface area contributed by atoms with E-state index in [4.69, 9.17) is 0 Å². The largest absolute Gasteiger partial charge is 0.347 e. The van der Waals surface area contributed by atoms with Crippen LogP contribution in [0.1, 0.15) is 83.9 Å². The average molecular weight is 391 g/mol. The Morgan fingerprint density at radius 2 is 1.85 bits per heavy atom. The van der Waals surface area contributed by atoms with Gasteiger partial charge < -0.3 is 4.57 Å². The molecule has 0 unspecified atom stereocenters. The quantitative estimate of drug-likeness (QED) is 0.723. The lowest BCUT2D eigenvalue weighted by Gasteiger charge is -2.27. The van der Waals surface area contributed by atoms with Crippen LogP contribution in [0.5, 0.6) is 0 Å². The van der Waals surface area contributed by atoms with E-state index >= 15 is 0 Å². The molecule has 3 rings (SSSR count). The van der Waals surface area contributed by atoms with E-state index in [9.17, 15) is 8.42 Å². The SMILES string of the molecule is CC(C)c1ccc2c([C@@H](C)NS(=O)(=O)C3CCC3)cn(CC(C)(C)C)c2c1. The standard InChI is InChI=1S/C22H34N2O2S/c1-15(2)17-10-11-19-20(13-24(21(19)12-17)14-22(4,5)6)16(3)23-27(25,26)18-8-7-9-18/h10-13,15-16,18,23H,7-9,14H2,1-6H3/t16-/m1/s1. The van der Waals surface area contributed by atoms with Gasteiger partial charge in [-0.1, -0.05) is 53.2 Å². The molecule has 1 fully saturated rings. The van der Waals surface area contributed by atoms with Crippen LogP contribution in [0, 0.1) is 5.41 Å².